The van der Waals surface area contributed by atoms with Crippen molar-refractivity contribution in [1.29, 1.82) is 0 Å². The van der Waals surface area contributed by atoms with Gasteiger partial charge in [0.2, 0.25) is 15.9 Å². The molecule has 0 heterocycles. The van der Waals surface area contributed by atoms with E-state index >= 15 is 0 Å². The maximum atomic E-state index is 13.3. The van der Waals surface area contributed by atoms with Crippen LogP contribution in [0.4, 0.5) is 14.5 Å². The highest BCUT2D eigenvalue weighted by atomic mass is 32.2. The zero-order chi connectivity index (χ0) is 18.3. The fraction of sp³-hybridized carbons (Fsp3) is 0.562. The van der Waals surface area contributed by atoms with Crippen LogP contribution in [-0.2, 0) is 14.8 Å². The van der Waals surface area contributed by atoms with Gasteiger partial charge in [-0.2, -0.15) is 0 Å². The zero-order valence-electron chi connectivity index (χ0n) is 14.2. The van der Waals surface area contributed by atoms with Crippen LogP contribution in [-0.4, -0.2) is 33.2 Å². The van der Waals surface area contributed by atoms with Crippen LogP contribution < -0.4 is 9.62 Å². The van der Waals surface area contributed by atoms with Crippen molar-refractivity contribution in [2.75, 3.05) is 17.1 Å². The summed E-state index contributed by atoms with van der Waals surface area (Å²) < 4.78 is 51.1. The van der Waals surface area contributed by atoms with E-state index in [1.54, 1.807) is 0 Å². The van der Waals surface area contributed by atoms with Crippen molar-refractivity contribution in [2.24, 2.45) is 0 Å². The Morgan fingerprint density at radius 2 is 1.96 bits per heavy atom. The summed E-state index contributed by atoms with van der Waals surface area (Å²) in [6, 6.07) is 2.98. The Hall–Kier alpha value is -1.70. The van der Waals surface area contributed by atoms with E-state index in [2.05, 4.69) is 5.32 Å². The lowest BCUT2D eigenvalue weighted by Gasteiger charge is -2.22. The summed E-state index contributed by atoms with van der Waals surface area (Å²) in [5.41, 5.74) is 0.0381. The fourth-order valence-corrected chi connectivity index (χ4v) is 3.32. The van der Waals surface area contributed by atoms with Crippen LogP contribution in [0.2, 0.25) is 0 Å². The molecular formula is C16H24F2N2O3S. The first kappa shape index (κ1) is 20.3. The molecule has 1 aromatic carbocycles. The summed E-state index contributed by atoms with van der Waals surface area (Å²) in [4.78, 5) is 11.8. The van der Waals surface area contributed by atoms with Crippen LogP contribution in [0.5, 0.6) is 0 Å². The van der Waals surface area contributed by atoms with E-state index < -0.39 is 21.7 Å². The predicted molar refractivity (Wildman–Crippen MR) is 90.3 cm³/mol. The molecule has 1 rings (SSSR count). The second-order valence-corrected chi connectivity index (χ2v) is 7.70. The van der Waals surface area contributed by atoms with Crippen LogP contribution in [0.3, 0.4) is 0 Å². The Balaban J connectivity index is 2.69. The largest absolute Gasteiger partial charge is 0.354 e. The van der Waals surface area contributed by atoms with E-state index in [0.717, 1.165) is 35.5 Å². The van der Waals surface area contributed by atoms with Crippen LogP contribution in [0.25, 0.3) is 0 Å². The van der Waals surface area contributed by atoms with Gasteiger partial charge in [-0.05, 0) is 31.9 Å². The molecule has 0 aliphatic carbocycles. The third-order valence-electron chi connectivity index (χ3n) is 3.49. The average Bonchev–Trinajstić information content (AvgIpc) is 2.45. The van der Waals surface area contributed by atoms with E-state index in [1.165, 1.54) is 6.07 Å². The van der Waals surface area contributed by atoms with Crippen molar-refractivity contribution < 1.29 is 22.0 Å². The average molecular weight is 362 g/mol. The first-order valence-electron chi connectivity index (χ1n) is 7.87. The van der Waals surface area contributed by atoms with Gasteiger partial charge in [0.15, 0.2) is 11.6 Å². The van der Waals surface area contributed by atoms with Crippen molar-refractivity contribution in [3.63, 3.8) is 0 Å². The lowest BCUT2D eigenvalue weighted by atomic mass is 10.2. The molecule has 8 heteroatoms. The smallest absolute Gasteiger partial charge is 0.232 e. The molecule has 1 aromatic rings. The fourth-order valence-electron chi connectivity index (χ4n) is 2.36. The van der Waals surface area contributed by atoms with Crippen LogP contribution in [0.15, 0.2) is 18.2 Å². The molecule has 0 bridgehead atoms. The minimum atomic E-state index is -3.66. The number of rotatable bonds is 9. The normalized spacial score (nSPS) is 12.7. The van der Waals surface area contributed by atoms with Crippen LogP contribution in [0, 0.1) is 11.6 Å². The van der Waals surface area contributed by atoms with Crippen molar-refractivity contribution in [3.05, 3.63) is 29.8 Å². The summed E-state index contributed by atoms with van der Waals surface area (Å²) >= 11 is 0. The molecular weight excluding hydrogens is 338 g/mol. The van der Waals surface area contributed by atoms with Gasteiger partial charge in [-0.1, -0.05) is 13.3 Å². The van der Waals surface area contributed by atoms with Crippen molar-refractivity contribution in [2.45, 2.75) is 45.6 Å². The topological polar surface area (TPSA) is 66.5 Å². The van der Waals surface area contributed by atoms with E-state index in [4.69, 9.17) is 0 Å². The maximum absolute atomic E-state index is 13.3. The SMILES string of the molecule is CCC[C@@H](C)NC(=O)CCCN(c1ccc(F)c(F)c1)S(C)(=O)=O. The van der Waals surface area contributed by atoms with Gasteiger partial charge < -0.3 is 5.32 Å². The molecule has 1 N–H and O–H groups in total. The summed E-state index contributed by atoms with van der Waals surface area (Å²) in [5.74, 6) is -2.32. The third kappa shape index (κ3) is 6.43. The Bertz CT molecular complexity index is 665. The van der Waals surface area contributed by atoms with Crippen molar-refractivity contribution in [3.8, 4) is 0 Å². The van der Waals surface area contributed by atoms with Gasteiger partial charge in [-0.3, -0.25) is 9.10 Å². The number of nitrogens with one attached hydrogen (secondary N) is 1. The molecule has 1 amide bonds. The maximum Gasteiger partial charge on any atom is 0.232 e. The Morgan fingerprint density at radius 1 is 1.29 bits per heavy atom. The number of carbonyl (C=O) groups excluding carboxylic acids is 1. The minimum Gasteiger partial charge on any atom is -0.354 e. The molecule has 5 nitrogen and oxygen atoms in total. The van der Waals surface area contributed by atoms with Crippen LogP contribution >= 0.6 is 0 Å². The molecule has 0 fully saturated rings. The quantitative estimate of drug-likeness (QED) is 0.735. The molecule has 136 valence electrons. The third-order valence-corrected chi connectivity index (χ3v) is 4.68. The molecule has 0 saturated carbocycles. The molecule has 24 heavy (non-hydrogen) atoms. The van der Waals surface area contributed by atoms with E-state index in [0.29, 0.717) is 0 Å². The number of hydrogen-bond acceptors (Lipinski definition) is 3. The lowest BCUT2D eigenvalue weighted by Crippen LogP contribution is -2.34. The van der Waals surface area contributed by atoms with Gasteiger partial charge >= 0.3 is 0 Å². The Morgan fingerprint density at radius 3 is 2.50 bits per heavy atom. The number of benzene rings is 1. The zero-order valence-corrected chi connectivity index (χ0v) is 15.0. The number of nitrogens with zero attached hydrogens (tertiary/aromatic N) is 1. The summed E-state index contributed by atoms with van der Waals surface area (Å²) in [5, 5.41) is 2.83. The monoisotopic (exact) mass is 362 g/mol. The van der Waals surface area contributed by atoms with Gasteiger partial charge in [0.25, 0.3) is 0 Å². The Kier molecular flexibility index (Phi) is 7.59. The van der Waals surface area contributed by atoms with Crippen molar-refractivity contribution >= 4 is 21.6 Å². The standard InChI is InChI=1S/C16H24F2N2O3S/c1-4-6-12(2)19-16(21)7-5-10-20(24(3,22)23)13-8-9-14(17)15(18)11-13/h8-9,11-12H,4-7,10H2,1-3H3,(H,19,21)/t12-/m1/s1. The van der Waals surface area contributed by atoms with Crippen molar-refractivity contribution in [1.82, 2.24) is 5.32 Å². The number of sulfonamides is 1. The number of hydrogen-bond donors (Lipinski definition) is 1. The Labute approximate surface area is 142 Å². The van der Waals surface area contributed by atoms with E-state index in [1.807, 2.05) is 13.8 Å². The summed E-state index contributed by atoms with van der Waals surface area (Å²) in [7, 11) is -3.66. The van der Waals surface area contributed by atoms with Gasteiger partial charge in [-0.15, -0.1) is 0 Å². The molecule has 0 unspecified atom stereocenters. The number of anilines is 1. The number of amides is 1. The second kappa shape index (κ2) is 8.96. The first-order chi connectivity index (χ1) is 11.1. The highest BCUT2D eigenvalue weighted by Crippen LogP contribution is 2.21. The van der Waals surface area contributed by atoms with Gasteiger partial charge in [0, 0.05) is 25.1 Å². The highest BCUT2D eigenvalue weighted by Gasteiger charge is 2.19. The van der Waals surface area contributed by atoms with Crippen LogP contribution in [0.1, 0.15) is 39.5 Å². The molecule has 0 saturated heterocycles. The van der Waals surface area contributed by atoms with E-state index in [-0.39, 0.29) is 37.0 Å². The number of carbonyl (C=O) groups is 1. The van der Waals surface area contributed by atoms with Gasteiger partial charge in [0.1, 0.15) is 0 Å². The molecule has 0 aromatic heterocycles. The second-order valence-electron chi connectivity index (χ2n) is 5.79. The molecule has 1 atom stereocenters. The highest BCUT2D eigenvalue weighted by molar-refractivity contribution is 7.92. The molecule has 0 radical (unpaired) electrons. The predicted octanol–water partition coefficient (Wildman–Crippen LogP) is 2.82. The summed E-state index contributed by atoms with van der Waals surface area (Å²) in [6.45, 7) is 3.94. The molecule has 0 aliphatic rings. The minimum absolute atomic E-state index is 0.0134. The van der Waals surface area contributed by atoms with Gasteiger partial charge in [0.05, 0.1) is 11.9 Å². The van der Waals surface area contributed by atoms with E-state index in [9.17, 15) is 22.0 Å². The first-order valence-corrected chi connectivity index (χ1v) is 9.72. The lowest BCUT2D eigenvalue weighted by molar-refractivity contribution is -0.121. The van der Waals surface area contributed by atoms with Gasteiger partial charge in [-0.25, -0.2) is 17.2 Å². The molecule has 0 spiro atoms. The number of halogens is 2. The molecule has 0 aliphatic heterocycles. The summed E-state index contributed by atoms with van der Waals surface area (Å²) in [6.07, 6.45) is 3.24.